The van der Waals surface area contributed by atoms with Gasteiger partial charge in [0.15, 0.2) is 0 Å². The van der Waals surface area contributed by atoms with Crippen LogP contribution in [0.25, 0.3) is 0 Å². The number of amides is 1. The summed E-state index contributed by atoms with van der Waals surface area (Å²) in [6.45, 7) is 1.81. The predicted molar refractivity (Wildman–Crippen MR) is 87.2 cm³/mol. The molecule has 1 aromatic heterocycles. The molecule has 1 saturated heterocycles. The van der Waals surface area contributed by atoms with Gasteiger partial charge in [-0.15, -0.1) is 11.3 Å². The predicted octanol–water partition coefficient (Wildman–Crippen LogP) is 3.33. The summed E-state index contributed by atoms with van der Waals surface area (Å²) in [5.41, 5.74) is 1.06. The highest BCUT2D eigenvalue weighted by Crippen LogP contribution is 2.24. The van der Waals surface area contributed by atoms with Crippen molar-refractivity contribution in [2.45, 2.75) is 18.9 Å². The largest absolute Gasteiger partial charge is 0.370 e. The molecule has 6 heteroatoms. The molecule has 2 aromatic rings. The summed E-state index contributed by atoms with van der Waals surface area (Å²) >= 11 is 7.50. The number of carbonyl (C=O) groups excluding carboxylic acids is 1. The Balaban J connectivity index is 1.57. The molecular formula is C16H17ClN2O2S. The lowest BCUT2D eigenvalue weighted by Crippen LogP contribution is -2.42. The van der Waals surface area contributed by atoms with Gasteiger partial charge in [-0.05, 0) is 17.7 Å². The van der Waals surface area contributed by atoms with Crippen molar-refractivity contribution in [3.8, 4) is 0 Å². The van der Waals surface area contributed by atoms with Crippen LogP contribution in [0.3, 0.4) is 0 Å². The van der Waals surface area contributed by atoms with Gasteiger partial charge in [0.1, 0.15) is 6.10 Å². The number of halogens is 1. The Labute approximate surface area is 138 Å². The second-order valence-electron chi connectivity index (χ2n) is 5.18. The first kappa shape index (κ1) is 15.5. The molecule has 1 amide bonds. The van der Waals surface area contributed by atoms with Crippen molar-refractivity contribution in [1.29, 1.82) is 0 Å². The van der Waals surface area contributed by atoms with Crippen LogP contribution in [0.1, 0.15) is 23.1 Å². The van der Waals surface area contributed by atoms with E-state index >= 15 is 0 Å². The third kappa shape index (κ3) is 3.85. The van der Waals surface area contributed by atoms with E-state index in [1.165, 1.54) is 0 Å². The van der Waals surface area contributed by atoms with Gasteiger partial charge < -0.3 is 9.64 Å². The van der Waals surface area contributed by atoms with Crippen molar-refractivity contribution >= 4 is 28.8 Å². The summed E-state index contributed by atoms with van der Waals surface area (Å²) in [6, 6.07) is 7.61. The molecule has 0 radical (unpaired) electrons. The van der Waals surface area contributed by atoms with Crippen LogP contribution in [-0.2, 0) is 16.0 Å². The van der Waals surface area contributed by atoms with Gasteiger partial charge in [0.25, 0.3) is 0 Å². The van der Waals surface area contributed by atoms with Gasteiger partial charge in [-0.25, -0.2) is 4.98 Å². The van der Waals surface area contributed by atoms with E-state index < -0.39 is 0 Å². The first-order valence-corrected chi connectivity index (χ1v) is 8.51. The van der Waals surface area contributed by atoms with E-state index in [0.717, 1.165) is 10.6 Å². The molecule has 0 bridgehead atoms. The highest BCUT2D eigenvalue weighted by Gasteiger charge is 2.25. The van der Waals surface area contributed by atoms with Gasteiger partial charge >= 0.3 is 0 Å². The summed E-state index contributed by atoms with van der Waals surface area (Å²) < 4.78 is 5.79. The molecule has 1 aromatic carbocycles. The molecule has 3 rings (SSSR count). The molecular weight excluding hydrogens is 320 g/mol. The Morgan fingerprint density at radius 2 is 2.23 bits per heavy atom. The van der Waals surface area contributed by atoms with Crippen LogP contribution in [-0.4, -0.2) is 35.5 Å². The quantitative estimate of drug-likeness (QED) is 0.860. The Hall–Kier alpha value is -1.43. The summed E-state index contributed by atoms with van der Waals surface area (Å²) in [5, 5.41) is 3.65. The summed E-state index contributed by atoms with van der Waals surface area (Å²) in [4.78, 5) is 18.5. The minimum atomic E-state index is -0.0742. The zero-order valence-corrected chi connectivity index (χ0v) is 13.6. The molecule has 0 N–H and O–H groups in total. The number of hydrogen-bond acceptors (Lipinski definition) is 4. The van der Waals surface area contributed by atoms with E-state index in [0.29, 0.717) is 37.6 Å². The lowest BCUT2D eigenvalue weighted by atomic mass is 10.1. The highest BCUT2D eigenvalue weighted by atomic mass is 35.5. The molecule has 4 nitrogen and oxygen atoms in total. The van der Waals surface area contributed by atoms with Crippen LogP contribution in [0.15, 0.2) is 35.8 Å². The van der Waals surface area contributed by atoms with E-state index in [-0.39, 0.29) is 12.0 Å². The molecule has 1 unspecified atom stereocenters. The maximum absolute atomic E-state index is 12.4. The number of morpholine rings is 1. The molecule has 116 valence electrons. The number of nitrogens with zero attached hydrogens (tertiary/aromatic N) is 2. The molecule has 22 heavy (non-hydrogen) atoms. The Bertz CT molecular complexity index is 616. The SMILES string of the molecule is O=C(CCc1nccs1)N1CCOC(c2ccc(Cl)cc2)C1. The van der Waals surface area contributed by atoms with Crippen LogP contribution >= 0.6 is 22.9 Å². The molecule has 1 aliphatic heterocycles. The summed E-state index contributed by atoms with van der Waals surface area (Å²) in [5.74, 6) is 0.164. The number of aryl methyl sites for hydroxylation is 1. The molecule has 1 fully saturated rings. The van der Waals surface area contributed by atoms with Crippen LogP contribution in [0.4, 0.5) is 0 Å². The smallest absolute Gasteiger partial charge is 0.223 e. The topological polar surface area (TPSA) is 42.4 Å². The van der Waals surface area contributed by atoms with Crippen LogP contribution in [0.5, 0.6) is 0 Å². The zero-order chi connectivity index (χ0) is 15.4. The number of ether oxygens (including phenoxy) is 1. The third-order valence-corrected chi connectivity index (χ3v) is 4.79. The van der Waals surface area contributed by atoms with Gasteiger partial charge in [-0.1, -0.05) is 23.7 Å². The molecule has 2 heterocycles. The van der Waals surface area contributed by atoms with Crippen LogP contribution in [0.2, 0.25) is 5.02 Å². The summed E-state index contributed by atoms with van der Waals surface area (Å²) in [6.07, 6.45) is 2.91. The van der Waals surface area contributed by atoms with E-state index in [2.05, 4.69) is 4.98 Å². The molecule has 1 aliphatic rings. The molecule has 0 aliphatic carbocycles. The monoisotopic (exact) mass is 336 g/mol. The fourth-order valence-corrected chi connectivity index (χ4v) is 3.25. The molecule has 0 spiro atoms. The molecule has 0 saturated carbocycles. The number of carbonyl (C=O) groups is 1. The summed E-state index contributed by atoms with van der Waals surface area (Å²) in [7, 11) is 0. The molecule has 1 atom stereocenters. The number of hydrogen-bond donors (Lipinski definition) is 0. The van der Waals surface area contributed by atoms with Crippen molar-refractivity contribution in [2.75, 3.05) is 19.7 Å². The number of benzene rings is 1. The Kier molecular flexibility index (Phi) is 5.08. The maximum Gasteiger partial charge on any atom is 0.223 e. The first-order valence-electron chi connectivity index (χ1n) is 7.25. The first-order chi connectivity index (χ1) is 10.7. The van der Waals surface area contributed by atoms with E-state index in [1.807, 2.05) is 34.5 Å². The minimum Gasteiger partial charge on any atom is -0.370 e. The lowest BCUT2D eigenvalue weighted by molar-refractivity contribution is -0.139. The third-order valence-electron chi connectivity index (χ3n) is 3.70. The van der Waals surface area contributed by atoms with Crippen molar-refractivity contribution in [1.82, 2.24) is 9.88 Å². The zero-order valence-electron chi connectivity index (χ0n) is 12.1. The van der Waals surface area contributed by atoms with Gasteiger partial charge in [0, 0.05) is 36.0 Å². The van der Waals surface area contributed by atoms with Gasteiger partial charge in [-0.3, -0.25) is 4.79 Å². The van der Waals surface area contributed by atoms with E-state index in [1.54, 1.807) is 17.5 Å². The second kappa shape index (κ2) is 7.22. The van der Waals surface area contributed by atoms with Gasteiger partial charge in [0.05, 0.1) is 18.2 Å². The van der Waals surface area contributed by atoms with Crippen molar-refractivity contribution in [3.05, 3.63) is 51.4 Å². The van der Waals surface area contributed by atoms with Gasteiger partial charge in [0.2, 0.25) is 5.91 Å². The fraction of sp³-hybridized carbons (Fsp3) is 0.375. The van der Waals surface area contributed by atoms with E-state index in [9.17, 15) is 4.79 Å². The van der Waals surface area contributed by atoms with Crippen LogP contribution in [0, 0.1) is 0 Å². The van der Waals surface area contributed by atoms with Crippen molar-refractivity contribution in [3.63, 3.8) is 0 Å². The minimum absolute atomic E-state index is 0.0742. The fourth-order valence-electron chi connectivity index (χ4n) is 2.50. The standard InChI is InChI=1S/C16H17ClN2O2S/c17-13-3-1-12(2-4-13)14-11-19(8-9-21-14)16(20)6-5-15-18-7-10-22-15/h1-4,7,10,14H,5-6,8-9,11H2. The second-order valence-corrected chi connectivity index (χ2v) is 6.59. The average molecular weight is 337 g/mol. The van der Waals surface area contributed by atoms with Crippen molar-refractivity contribution in [2.24, 2.45) is 0 Å². The number of rotatable bonds is 4. The van der Waals surface area contributed by atoms with Crippen LogP contribution < -0.4 is 0 Å². The number of thiazole rings is 1. The van der Waals surface area contributed by atoms with E-state index in [4.69, 9.17) is 16.3 Å². The van der Waals surface area contributed by atoms with Crippen molar-refractivity contribution < 1.29 is 9.53 Å². The normalized spacial score (nSPS) is 18.4. The highest BCUT2D eigenvalue weighted by molar-refractivity contribution is 7.09. The lowest BCUT2D eigenvalue weighted by Gasteiger charge is -2.33. The Morgan fingerprint density at radius 3 is 2.95 bits per heavy atom. The maximum atomic E-state index is 12.4. The number of aromatic nitrogens is 1. The average Bonchev–Trinajstić information content (AvgIpc) is 3.07. The Morgan fingerprint density at radius 1 is 1.41 bits per heavy atom. The van der Waals surface area contributed by atoms with Gasteiger partial charge in [-0.2, -0.15) is 0 Å².